The summed E-state index contributed by atoms with van der Waals surface area (Å²) in [5, 5.41) is 11.8. The molecule has 0 spiro atoms. The van der Waals surface area contributed by atoms with Gasteiger partial charge in [-0.15, -0.1) is 0 Å². The van der Waals surface area contributed by atoms with Crippen LogP contribution in [0.2, 0.25) is 0 Å². The van der Waals surface area contributed by atoms with Gasteiger partial charge < -0.3 is 14.6 Å². The molecule has 1 saturated heterocycles. The van der Waals surface area contributed by atoms with Gasteiger partial charge in [0.1, 0.15) is 0 Å². The number of hydrogen-bond acceptors (Lipinski definition) is 4. The minimum atomic E-state index is -1.67. The van der Waals surface area contributed by atoms with Crippen LogP contribution >= 0.6 is 0 Å². The number of rotatable bonds is 3. The highest BCUT2D eigenvalue weighted by molar-refractivity contribution is 5.84. The second-order valence-electron chi connectivity index (χ2n) is 7.70. The van der Waals surface area contributed by atoms with Crippen molar-refractivity contribution in [1.82, 2.24) is 0 Å². The van der Waals surface area contributed by atoms with Crippen LogP contribution in [-0.2, 0) is 19.9 Å². The molecule has 4 heteroatoms. The summed E-state index contributed by atoms with van der Waals surface area (Å²) in [5.41, 5.74) is -2.48. The highest BCUT2D eigenvalue weighted by Gasteiger charge is 2.63. The number of benzene rings is 2. The fraction of sp³-hybridized carbons (Fsp3) is 0.381. The van der Waals surface area contributed by atoms with Crippen LogP contribution in [0.4, 0.5) is 0 Å². The maximum Gasteiger partial charge on any atom is 0.344 e. The van der Waals surface area contributed by atoms with Gasteiger partial charge in [-0.3, -0.25) is 0 Å². The van der Waals surface area contributed by atoms with E-state index in [-0.39, 0.29) is 0 Å². The SMILES string of the molecule is CC(C)(C)C1OC(=O)C(C)(C(O)(c2ccccc2)c2ccccc2)O1. The summed E-state index contributed by atoms with van der Waals surface area (Å²) >= 11 is 0. The van der Waals surface area contributed by atoms with Gasteiger partial charge in [-0.1, -0.05) is 81.4 Å². The van der Waals surface area contributed by atoms with Crippen LogP contribution in [0.15, 0.2) is 60.7 Å². The predicted molar refractivity (Wildman–Crippen MR) is 94.7 cm³/mol. The number of ether oxygens (including phenoxy) is 2. The molecular formula is C21H24O4. The van der Waals surface area contributed by atoms with Crippen LogP contribution in [0.1, 0.15) is 38.8 Å². The molecule has 2 aromatic rings. The summed E-state index contributed by atoms with van der Waals surface area (Å²) in [5.74, 6) is -0.567. The van der Waals surface area contributed by atoms with Gasteiger partial charge in [0.25, 0.3) is 0 Å². The van der Waals surface area contributed by atoms with Crippen LogP contribution in [0.5, 0.6) is 0 Å². The highest BCUT2D eigenvalue weighted by atomic mass is 16.8. The Bertz CT molecular complexity index is 709. The summed E-state index contributed by atoms with van der Waals surface area (Å²) in [6.45, 7) is 7.39. The average molecular weight is 340 g/mol. The summed E-state index contributed by atoms with van der Waals surface area (Å²) in [7, 11) is 0. The third kappa shape index (κ3) is 2.75. The zero-order valence-corrected chi connectivity index (χ0v) is 15.0. The normalized spacial score (nSPS) is 24.2. The lowest BCUT2D eigenvalue weighted by molar-refractivity contribution is -0.188. The van der Waals surface area contributed by atoms with Gasteiger partial charge in [-0.2, -0.15) is 0 Å². The van der Waals surface area contributed by atoms with Crippen molar-refractivity contribution >= 4 is 5.97 Å². The van der Waals surface area contributed by atoms with Crippen molar-refractivity contribution in [2.45, 2.75) is 45.2 Å². The standard InChI is InChI=1S/C21H24O4/c1-19(2,3)18-24-17(22)20(4,25-18)21(23,15-11-7-5-8-12-15)16-13-9-6-10-14-16/h5-14,18,23H,1-4H3. The van der Waals surface area contributed by atoms with E-state index in [0.717, 1.165) is 0 Å². The van der Waals surface area contributed by atoms with Gasteiger partial charge in [0.2, 0.25) is 11.9 Å². The average Bonchev–Trinajstić information content (AvgIpc) is 2.92. The molecule has 1 heterocycles. The van der Waals surface area contributed by atoms with Gasteiger partial charge in [-0.05, 0) is 18.1 Å². The molecule has 1 N–H and O–H groups in total. The van der Waals surface area contributed by atoms with E-state index in [1.54, 1.807) is 31.2 Å². The third-order valence-electron chi connectivity index (χ3n) is 4.73. The fourth-order valence-corrected chi connectivity index (χ4v) is 3.16. The van der Waals surface area contributed by atoms with Gasteiger partial charge in [0.05, 0.1) is 0 Å². The van der Waals surface area contributed by atoms with Crippen molar-refractivity contribution in [3.05, 3.63) is 71.8 Å². The van der Waals surface area contributed by atoms with Crippen LogP contribution in [0.25, 0.3) is 0 Å². The van der Waals surface area contributed by atoms with Gasteiger partial charge in [0.15, 0.2) is 5.60 Å². The maximum absolute atomic E-state index is 12.8. The maximum atomic E-state index is 12.8. The number of esters is 1. The molecule has 0 saturated carbocycles. The number of hydrogen-bond donors (Lipinski definition) is 1. The van der Waals surface area contributed by atoms with Crippen molar-refractivity contribution in [3.63, 3.8) is 0 Å². The molecule has 4 nitrogen and oxygen atoms in total. The summed E-state index contributed by atoms with van der Waals surface area (Å²) < 4.78 is 11.6. The molecule has 132 valence electrons. The van der Waals surface area contributed by atoms with Crippen LogP contribution in [0, 0.1) is 5.41 Å². The van der Waals surface area contributed by atoms with Crippen molar-refractivity contribution in [3.8, 4) is 0 Å². The van der Waals surface area contributed by atoms with Crippen LogP contribution in [-0.4, -0.2) is 23.0 Å². The Labute approximate surface area is 148 Å². The molecule has 2 atom stereocenters. The molecule has 2 aromatic carbocycles. The van der Waals surface area contributed by atoms with Crippen molar-refractivity contribution in [1.29, 1.82) is 0 Å². The Kier molecular flexibility index (Phi) is 4.21. The first-order valence-electron chi connectivity index (χ1n) is 8.42. The molecule has 1 aliphatic rings. The Morgan fingerprint density at radius 3 is 1.72 bits per heavy atom. The van der Waals surface area contributed by atoms with Gasteiger partial charge >= 0.3 is 5.97 Å². The molecule has 0 bridgehead atoms. The Balaban J connectivity index is 2.18. The second-order valence-corrected chi connectivity index (χ2v) is 7.70. The zero-order chi connectivity index (χ0) is 18.3. The summed E-state index contributed by atoms with van der Waals surface area (Å²) in [4.78, 5) is 12.8. The highest BCUT2D eigenvalue weighted by Crippen LogP contribution is 2.48. The van der Waals surface area contributed by atoms with Gasteiger partial charge in [0, 0.05) is 5.41 Å². The molecule has 0 aliphatic carbocycles. The topological polar surface area (TPSA) is 55.8 Å². The van der Waals surface area contributed by atoms with E-state index in [4.69, 9.17) is 9.47 Å². The number of carbonyl (C=O) groups excluding carboxylic acids is 1. The number of carbonyl (C=O) groups is 1. The molecule has 25 heavy (non-hydrogen) atoms. The van der Waals surface area contributed by atoms with E-state index in [9.17, 15) is 9.90 Å². The smallest absolute Gasteiger partial charge is 0.344 e. The molecule has 0 aromatic heterocycles. The van der Waals surface area contributed by atoms with Crippen LogP contribution in [0.3, 0.4) is 0 Å². The second kappa shape index (κ2) is 5.97. The minimum Gasteiger partial charge on any atom is -0.433 e. The quantitative estimate of drug-likeness (QED) is 0.867. The molecule has 3 rings (SSSR count). The Morgan fingerprint density at radius 2 is 1.36 bits per heavy atom. The van der Waals surface area contributed by atoms with Gasteiger partial charge in [-0.25, -0.2) is 4.79 Å². The minimum absolute atomic E-state index is 0.401. The lowest BCUT2D eigenvalue weighted by atomic mass is 9.73. The van der Waals surface area contributed by atoms with E-state index in [1.165, 1.54) is 0 Å². The molecule has 0 radical (unpaired) electrons. The lowest BCUT2D eigenvalue weighted by Crippen LogP contribution is -2.55. The molecule has 1 aliphatic heterocycles. The predicted octanol–water partition coefficient (Wildman–Crippen LogP) is 3.63. The van der Waals surface area contributed by atoms with E-state index in [1.807, 2.05) is 57.2 Å². The monoisotopic (exact) mass is 340 g/mol. The van der Waals surface area contributed by atoms with E-state index in [0.29, 0.717) is 11.1 Å². The first-order chi connectivity index (χ1) is 11.7. The largest absolute Gasteiger partial charge is 0.433 e. The summed E-state index contributed by atoms with van der Waals surface area (Å²) in [6.07, 6.45) is -0.732. The first kappa shape index (κ1) is 17.6. The number of cyclic esters (lactones) is 1. The van der Waals surface area contributed by atoms with Crippen molar-refractivity contribution in [2.24, 2.45) is 5.41 Å². The summed E-state index contributed by atoms with van der Waals surface area (Å²) in [6, 6.07) is 18.2. The third-order valence-corrected chi connectivity index (χ3v) is 4.73. The zero-order valence-electron chi connectivity index (χ0n) is 15.0. The molecular weight excluding hydrogens is 316 g/mol. The van der Waals surface area contributed by atoms with Crippen molar-refractivity contribution in [2.75, 3.05) is 0 Å². The first-order valence-corrected chi connectivity index (χ1v) is 8.42. The molecule has 1 fully saturated rings. The van der Waals surface area contributed by atoms with Crippen molar-refractivity contribution < 1.29 is 19.4 Å². The van der Waals surface area contributed by atoms with Crippen LogP contribution < -0.4 is 0 Å². The Morgan fingerprint density at radius 1 is 0.920 bits per heavy atom. The molecule has 0 amide bonds. The molecule has 2 unspecified atom stereocenters. The van der Waals surface area contributed by atoms with E-state index < -0.39 is 28.9 Å². The number of aliphatic hydroxyl groups is 1. The van der Waals surface area contributed by atoms with E-state index in [2.05, 4.69) is 0 Å². The fourth-order valence-electron chi connectivity index (χ4n) is 3.16. The van der Waals surface area contributed by atoms with E-state index >= 15 is 0 Å². The lowest BCUT2D eigenvalue weighted by Gasteiger charge is -2.40. The Hall–Kier alpha value is -2.17.